The van der Waals surface area contributed by atoms with Crippen LogP contribution in [0.5, 0.6) is 0 Å². The van der Waals surface area contributed by atoms with Crippen LogP contribution in [0.2, 0.25) is 0 Å². The van der Waals surface area contributed by atoms with Gasteiger partial charge in [-0.05, 0) is 19.3 Å². The molecule has 0 aromatic carbocycles. The van der Waals surface area contributed by atoms with Gasteiger partial charge in [0, 0.05) is 5.41 Å². The van der Waals surface area contributed by atoms with Gasteiger partial charge in [-0.3, -0.25) is 0 Å². The van der Waals surface area contributed by atoms with Crippen molar-refractivity contribution in [1.29, 1.82) is 0 Å². The van der Waals surface area contributed by atoms with Crippen molar-refractivity contribution in [3.63, 3.8) is 0 Å². The summed E-state index contributed by atoms with van der Waals surface area (Å²) in [6, 6.07) is 0. The Morgan fingerprint density at radius 3 is 2.85 bits per heavy atom. The SMILES string of the molecule is C=CC1(C)C=CC(CCCC)=CC1. The van der Waals surface area contributed by atoms with Crippen molar-refractivity contribution in [3.05, 3.63) is 36.5 Å². The summed E-state index contributed by atoms with van der Waals surface area (Å²) in [4.78, 5) is 0. The Hall–Kier alpha value is -0.780. The Kier molecular flexibility index (Phi) is 3.53. The monoisotopic (exact) mass is 176 g/mol. The van der Waals surface area contributed by atoms with Crippen molar-refractivity contribution >= 4 is 0 Å². The molecular weight excluding hydrogens is 156 g/mol. The summed E-state index contributed by atoms with van der Waals surface area (Å²) in [5.41, 5.74) is 1.71. The Labute approximate surface area is 82.0 Å². The first-order valence-electron chi connectivity index (χ1n) is 5.22. The first-order chi connectivity index (χ1) is 6.20. The van der Waals surface area contributed by atoms with Crippen LogP contribution in [0.15, 0.2) is 36.5 Å². The number of unbranched alkanes of at least 4 members (excludes halogenated alkanes) is 1. The second-order valence-corrected chi connectivity index (χ2v) is 4.13. The van der Waals surface area contributed by atoms with Crippen molar-refractivity contribution in [1.82, 2.24) is 0 Å². The van der Waals surface area contributed by atoms with E-state index in [0.29, 0.717) is 0 Å². The Balaban J connectivity index is 2.49. The maximum Gasteiger partial charge on any atom is 0.00679 e. The minimum absolute atomic E-state index is 0.204. The van der Waals surface area contributed by atoms with E-state index < -0.39 is 0 Å². The van der Waals surface area contributed by atoms with Crippen LogP contribution in [0, 0.1) is 5.41 Å². The van der Waals surface area contributed by atoms with Gasteiger partial charge >= 0.3 is 0 Å². The second kappa shape index (κ2) is 4.45. The van der Waals surface area contributed by atoms with Gasteiger partial charge < -0.3 is 0 Å². The van der Waals surface area contributed by atoms with Gasteiger partial charge in [0.25, 0.3) is 0 Å². The third-order valence-electron chi connectivity index (χ3n) is 2.77. The molecule has 0 saturated carbocycles. The van der Waals surface area contributed by atoms with E-state index in [9.17, 15) is 0 Å². The van der Waals surface area contributed by atoms with Crippen LogP contribution in [-0.2, 0) is 0 Å². The van der Waals surface area contributed by atoms with Gasteiger partial charge in [-0.25, -0.2) is 0 Å². The molecule has 13 heavy (non-hydrogen) atoms. The third-order valence-corrected chi connectivity index (χ3v) is 2.77. The molecule has 0 amide bonds. The molecule has 72 valence electrons. The molecule has 1 atom stereocenters. The molecule has 0 heteroatoms. The first-order valence-corrected chi connectivity index (χ1v) is 5.22. The summed E-state index contributed by atoms with van der Waals surface area (Å²) in [5.74, 6) is 0. The highest BCUT2D eigenvalue weighted by atomic mass is 14.2. The van der Waals surface area contributed by atoms with E-state index in [1.54, 1.807) is 0 Å². The number of hydrogen-bond donors (Lipinski definition) is 0. The predicted molar refractivity (Wildman–Crippen MR) is 59.7 cm³/mol. The van der Waals surface area contributed by atoms with Crippen molar-refractivity contribution < 1.29 is 0 Å². The highest BCUT2D eigenvalue weighted by Gasteiger charge is 2.17. The summed E-state index contributed by atoms with van der Waals surface area (Å²) in [5, 5.41) is 0. The van der Waals surface area contributed by atoms with Crippen LogP contribution in [-0.4, -0.2) is 0 Å². The molecule has 0 fully saturated rings. The predicted octanol–water partition coefficient (Wildman–Crippen LogP) is 4.26. The summed E-state index contributed by atoms with van der Waals surface area (Å²) < 4.78 is 0. The van der Waals surface area contributed by atoms with Crippen molar-refractivity contribution in [2.45, 2.75) is 39.5 Å². The van der Waals surface area contributed by atoms with Gasteiger partial charge in [0.05, 0.1) is 0 Å². The van der Waals surface area contributed by atoms with Crippen molar-refractivity contribution in [2.75, 3.05) is 0 Å². The summed E-state index contributed by atoms with van der Waals surface area (Å²) >= 11 is 0. The molecule has 1 aliphatic carbocycles. The van der Waals surface area contributed by atoms with Crippen LogP contribution >= 0.6 is 0 Å². The average Bonchev–Trinajstić information content (AvgIpc) is 2.17. The lowest BCUT2D eigenvalue weighted by Crippen LogP contribution is -2.10. The van der Waals surface area contributed by atoms with Crippen LogP contribution < -0.4 is 0 Å². The Morgan fingerprint density at radius 2 is 2.38 bits per heavy atom. The van der Waals surface area contributed by atoms with E-state index in [1.165, 1.54) is 24.8 Å². The second-order valence-electron chi connectivity index (χ2n) is 4.13. The molecule has 0 aromatic rings. The Morgan fingerprint density at radius 1 is 1.62 bits per heavy atom. The molecule has 1 aliphatic rings. The molecule has 0 N–H and O–H groups in total. The largest absolute Gasteiger partial charge is 0.102 e. The fourth-order valence-electron chi connectivity index (χ4n) is 1.50. The van der Waals surface area contributed by atoms with E-state index in [2.05, 4.69) is 38.7 Å². The van der Waals surface area contributed by atoms with Crippen LogP contribution in [0.3, 0.4) is 0 Å². The molecule has 0 saturated heterocycles. The zero-order valence-electron chi connectivity index (χ0n) is 8.84. The first kappa shape index (κ1) is 10.3. The number of rotatable bonds is 4. The van der Waals surface area contributed by atoms with E-state index in [-0.39, 0.29) is 5.41 Å². The van der Waals surface area contributed by atoms with Crippen LogP contribution in [0.1, 0.15) is 39.5 Å². The zero-order chi connectivity index (χ0) is 9.73. The van der Waals surface area contributed by atoms with Crippen LogP contribution in [0.25, 0.3) is 0 Å². The normalized spacial score (nSPS) is 27.1. The maximum absolute atomic E-state index is 3.86. The maximum atomic E-state index is 3.86. The lowest BCUT2D eigenvalue weighted by Gasteiger charge is -2.23. The van der Waals surface area contributed by atoms with Crippen LogP contribution in [0.4, 0.5) is 0 Å². The fourth-order valence-corrected chi connectivity index (χ4v) is 1.50. The molecular formula is C13H20. The Bertz CT molecular complexity index is 232. The van der Waals surface area contributed by atoms with Gasteiger partial charge in [0.15, 0.2) is 0 Å². The molecule has 0 bridgehead atoms. The molecule has 0 heterocycles. The summed E-state index contributed by atoms with van der Waals surface area (Å²) in [7, 11) is 0. The summed E-state index contributed by atoms with van der Waals surface area (Å²) in [6.07, 6.45) is 13.9. The average molecular weight is 176 g/mol. The third kappa shape index (κ3) is 2.87. The lowest BCUT2D eigenvalue weighted by atomic mass is 9.81. The molecule has 0 aromatic heterocycles. The van der Waals surface area contributed by atoms with Gasteiger partial charge in [-0.1, -0.05) is 50.1 Å². The number of allylic oxidation sites excluding steroid dienone is 5. The molecule has 1 unspecified atom stereocenters. The highest BCUT2D eigenvalue weighted by Crippen LogP contribution is 2.31. The molecule has 1 rings (SSSR count). The zero-order valence-corrected chi connectivity index (χ0v) is 8.84. The van der Waals surface area contributed by atoms with Crippen molar-refractivity contribution in [2.24, 2.45) is 5.41 Å². The topological polar surface area (TPSA) is 0 Å². The van der Waals surface area contributed by atoms with Gasteiger partial charge in [-0.2, -0.15) is 0 Å². The lowest BCUT2D eigenvalue weighted by molar-refractivity contribution is 0.552. The van der Waals surface area contributed by atoms with Gasteiger partial charge in [0.2, 0.25) is 0 Å². The highest BCUT2D eigenvalue weighted by molar-refractivity contribution is 5.28. The fraction of sp³-hybridized carbons (Fsp3) is 0.538. The smallest absolute Gasteiger partial charge is 0.00679 e. The standard InChI is InChI=1S/C13H20/c1-4-6-7-12-8-10-13(3,5-2)11-9-12/h5,8-10H,2,4,6-7,11H2,1,3H3. The molecule has 0 nitrogen and oxygen atoms in total. The number of hydrogen-bond acceptors (Lipinski definition) is 0. The van der Waals surface area contributed by atoms with Crippen molar-refractivity contribution in [3.8, 4) is 0 Å². The van der Waals surface area contributed by atoms with E-state index in [0.717, 1.165) is 6.42 Å². The minimum Gasteiger partial charge on any atom is -0.102 e. The summed E-state index contributed by atoms with van der Waals surface area (Å²) in [6.45, 7) is 8.33. The molecule has 0 spiro atoms. The van der Waals surface area contributed by atoms with E-state index >= 15 is 0 Å². The molecule has 0 aliphatic heterocycles. The minimum atomic E-state index is 0.204. The molecule has 0 radical (unpaired) electrons. The van der Waals surface area contributed by atoms with Gasteiger partial charge in [-0.15, -0.1) is 6.58 Å². The van der Waals surface area contributed by atoms with E-state index in [4.69, 9.17) is 0 Å². The quantitative estimate of drug-likeness (QED) is 0.561. The van der Waals surface area contributed by atoms with E-state index in [1.807, 2.05) is 6.08 Å². The van der Waals surface area contributed by atoms with Gasteiger partial charge in [0.1, 0.15) is 0 Å².